The van der Waals surface area contributed by atoms with E-state index in [9.17, 15) is 17.6 Å². The molecule has 2 nitrogen and oxygen atoms in total. The predicted octanol–water partition coefficient (Wildman–Crippen LogP) is 2.41. The van der Waals surface area contributed by atoms with Crippen molar-refractivity contribution >= 4 is 0 Å². The van der Waals surface area contributed by atoms with Crippen molar-refractivity contribution in [3.05, 3.63) is 29.3 Å². The Morgan fingerprint density at radius 2 is 1.88 bits per heavy atom. The highest BCUT2D eigenvalue weighted by molar-refractivity contribution is 5.40. The van der Waals surface area contributed by atoms with E-state index in [4.69, 9.17) is 5.73 Å². The van der Waals surface area contributed by atoms with E-state index in [1.807, 2.05) is 0 Å². The SMILES string of the molecule is COc1c(F)cc(F)cc1C(C)(N)C(F)F. The molecule has 1 unspecified atom stereocenters. The molecule has 0 saturated carbocycles. The maximum Gasteiger partial charge on any atom is 0.260 e. The van der Waals surface area contributed by atoms with Crippen LogP contribution in [0, 0.1) is 11.6 Å². The van der Waals surface area contributed by atoms with Crippen LogP contribution in [0.25, 0.3) is 0 Å². The van der Waals surface area contributed by atoms with E-state index in [1.165, 1.54) is 0 Å². The largest absolute Gasteiger partial charge is 0.493 e. The minimum Gasteiger partial charge on any atom is -0.493 e. The van der Waals surface area contributed by atoms with Gasteiger partial charge in [0.15, 0.2) is 11.6 Å². The summed E-state index contributed by atoms with van der Waals surface area (Å²) in [7, 11) is 1.10. The summed E-state index contributed by atoms with van der Waals surface area (Å²) in [6.07, 6.45) is -2.97. The van der Waals surface area contributed by atoms with Crippen LogP contribution in [0.15, 0.2) is 12.1 Å². The molecule has 0 fully saturated rings. The lowest BCUT2D eigenvalue weighted by molar-refractivity contribution is 0.0606. The first-order chi connectivity index (χ1) is 7.30. The van der Waals surface area contributed by atoms with Crippen LogP contribution in [0.4, 0.5) is 17.6 Å². The molecule has 0 aromatic heterocycles. The highest BCUT2D eigenvalue weighted by Gasteiger charge is 2.36. The normalized spacial score (nSPS) is 15.0. The fourth-order valence-corrected chi connectivity index (χ4v) is 1.29. The second-order valence-corrected chi connectivity index (χ2v) is 3.55. The molecule has 1 rings (SSSR count). The van der Waals surface area contributed by atoms with Crippen LogP contribution in [-0.2, 0) is 5.54 Å². The van der Waals surface area contributed by atoms with Crippen molar-refractivity contribution in [1.82, 2.24) is 0 Å². The molecule has 1 atom stereocenters. The molecule has 0 amide bonds. The zero-order valence-electron chi connectivity index (χ0n) is 8.73. The number of ether oxygens (including phenoxy) is 1. The summed E-state index contributed by atoms with van der Waals surface area (Å²) in [6.45, 7) is 0.981. The molecule has 90 valence electrons. The zero-order chi connectivity index (χ0) is 12.5. The lowest BCUT2D eigenvalue weighted by atomic mass is 9.92. The molecule has 0 heterocycles. The zero-order valence-corrected chi connectivity index (χ0v) is 8.73. The Kier molecular flexibility index (Phi) is 3.42. The molecule has 0 bridgehead atoms. The van der Waals surface area contributed by atoms with Gasteiger partial charge in [-0.1, -0.05) is 0 Å². The van der Waals surface area contributed by atoms with Gasteiger partial charge in [-0.2, -0.15) is 0 Å². The number of methoxy groups -OCH3 is 1. The van der Waals surface area contributed by atoms with Crippen LogP contribution in [0.3, 0.4) is 0 Å². The Morgan fingerprint density at radius 1 is 1.31 bits per heavy atom. The number of rotatable bonds is 3. The standard InChI is InChI=1S/C10H11F4NO/c1-10(15,9(13)14)6-3-5(11)4-7(12)8(6)16-2/h3-4,9H,15H2,1-2H3. The first kappa shape index (κ1) is 12.8. The molecule has 1 aromatic carbocycles. The minimum absolute atomic E-state index is 0.400. The first-order valence-electron chi connectivity index (χ1n) is 4.41. The molecule has 16 heavy (non-hydrogen) atoms. The van der Waals surface area contributed by atoms with Crippen LogP contribution >= 0.6 is 0 Å². The highest BCUT2D eigenvalue weighted by Crippen LogP contribution is 2.35. The predicted molar refractivity (Wildman–Crippen MR) is 50.5 cm³/mol. The van der Waals surface area contributed by atoms with E-state index >= 15 is 0 Å². The van der Waals surface area contributed by atoms with Gasteiger partial charge >= 0.3 is 0 Å². The quantitative estimate of drug-likeness (QED) is 0.819. The summed E-state index contributed by atoms with van der Waals surface area (Å²) in [5.74, 6) is -2.51. The molecular formula is C10H11F4NO. The maximum absolute atomic E-state index is 13.2. The third-order valence-corrected chi connectivity index (χ3v) is 2.25. The molecule has 0 aliphatic heterocycles. The van der Waals surface area contributed by atoms with Crippen molar-refractivity contribution < 1.29 is 22.3 Å². The number of hydrogen-bond donors (Lipinski definition) is 1. The summed E-state index contributed by atoms with van der Waals surface area (Å²) in [5.41, 5.74) is 2.76. The Labute approximate surface area is 90.0 Å². The monoisotopic (exact) mass is 237 g/mol. The number of benzene rings is 1. The van der Waals surface area contributed by atoms with Gasteiger partial charge < -0.3 is 10.5 Å². The number of alkyl halides is 2. The van der Waals surface area contributed by atoms with E-state index in [2.05, 4.69) is 4.74 Å². The van der Waals surface area contributed by atoms with Gasteiger partial charge in [0, 0.05) is 11.6 Å². The summed E-state index contributed by atoms with van der Waals surface area (Å²) < 4.78 is 56.1. The molecular weight excluding hydrogens is 226 g/mol. The van der Waals surface area contributed by atoms with E-state index in [-0.39, 0.29) is 0 Å². The number of halogens is 4. The van der Waals surface area contributed by atoms with Gasteiger partial charge in [-0.3, -0.25) is 0 Å². The maximum atomic E-state index is 13.2. The van der Waals surface area contributed by atoms with Crippen LogP contribution < -0.4 is 10.5 Å². The van der Waals surface area contributed by atoms with Gasteiger partial charge in [0.1, 0.15) is 11.4 Å². The summed E-state index contributed by atoms with van der Waals surface area (Å²) >= 11 is 0. The van der Waals surface area contributed by atoms with E-state index in [1.54, 1.807) is 0 Å². The molecule has 0 radical (unpaired) electrons. The Balaban J connectivity index is 3.42. The minimum atomic E-state index is -2.97. The Bertz CT molecular complexity index is 393. The van der Waals surface area contributed by atoms with Gasteiger partial charge in [0.05, 0.1) is 7.11 Å². The van der Waals surface area contributed by atoms with Crippen LogP contribution in [0.2, 0.25) is 0 Å². The van der Waals surface area contributed by atoms with Crippen molar-refractivity contribution in [2.24, 2.45) is 5.73 Å². The van der Waals surface area contributed by atoms with Crippen LogP contribution in [0.5, 0.6) is 5.75 Å². The van der Waals surface area contributed by atoms with Gasteiger partial charge in [-0.25, -0.2) is 17.6 Å². The fraction of sp³-hybridized carbons (Fsp3) is 0.400. The summed E-state index contributed by atoms with van der Waals surface area (Å²) in [6, 6.07) is 1.29. The molecule has 6 heteroatoms. The van der Waals surface area contributed by atoms with E-state index in [0.717, 1.165) is 20.1 Å². The van der Waals surface area contributed by atoms with Gasteiger partial charge in [0.25, 0.3) is 6.43 Å². The van der Waals surface area contributed by atoms with Crippen molar-refractivity contribution in [1.29, 1.82) is 0 Å². The van der Waals surface area contributed by atoms with Crippen LogP contribution in [0.1, 0.15) is 12.5 Å². The van der Waals surface area contributed by atoms with E-state index < -0.39 is 34.9 Å². The smallest absolute Gasteiger partial charge is 0.260 e. The second-order valence-electron chi connectivity index (χ2n) is 3.55. The average Bonchev–Trinajstić information content (AvgIpc) is 2.16. The molecule has 1 aromatic rings. The highest BCUT2D eigenvalue weighted by atomic mass is 19.3. The van der Waals surface area contributed by atoms with Gasteiger partial charge in [-0.15, -0.1) is 0 Å². The number of nitrogens with two attached hydrogens (primary N) is 1. The second kappa shape index (κ2) is 4.29. The molecule has 0 spiro atoms. The van der Waals surface area contributed by atoms with Gasteiger partial charge in [0.2, 0.25) is 0 Å². The Hall–Kier alpha value is -1.30. The fourth-order valence-electron chi connectivity index (χ4n) is 1.29. The first-order valence-corrected chi connectivity index (χ1v) is 4.41. The number of hydrogen-bond acceptors (Lipinski definition) is 2. The molecule has 0 aliphatic rings. The van der Waals surface area contributed by atoms with Crippen molar-refractivity contribution in [2.75, 3.05) is 7.11 Å². The van der Waals surface area contributed by atoms with Crippen molar-refractivity contribution in [3.63, 3.8) is 0 Å². The van der Waals surface area contributed by atoms with Crippen molar-refractivity contribution in [2.45, 2.75) is 18.9 Å². The molecule has 2 N–H and O–H groups in total. The van der Waals surface area contributed by atoms with Crippen LogP contribution in [-0.4, -0.2) is 13.5 Å². The summed E-state index contributed by atoms with van der Waals surface area (Å²) in [4.78, 5) is 0. The summed E-state index contributed by atoms with van der Waals surface area (Å²) in [5, 5.41) is 0. The molecule has 0 saturated heterocycles. The average molecular weight is 237 g/mol. The van der Waals surface area contributed by atoms with E-state index in [0.29, 0.717) is 6.07 Å². The van der Waals surface area contributed by atoms with Crippen molar-refractivity contribution in [3.8, 4) is 5.75 Å². The third-order valence-electron chi connectivity index (χ3n) is 2.25. The lowest BCUT2D eigenvalue weighted by Crippen LogP contribution is -2.41. The third kappa shape index (κ3) is 2.11. The van der Waals surface area contributed by atoms with Gasteiger partial charge in [-0.05, 0) is 13.0 Å². The molecule has 0 aliphatic carbocycles. The Morgan fingerprint density at radius 3 is 2.31 bits per heavy atom. The topological polar surface area (TPSA) is 35.2 Å². The lowest BCUT2D eigenvalue weighted by Gasteiger charge is -2.26.